The van der Waals surface area contributed by atoms with E-state index in [-0.39, 0.29) is 17.4 Å². The Kier molecular flexibility index (Phi) is 4.21. The lowest BCUT2D eigenvalue weighted by Gasteiger charge is -2.63. The maximum absolute atomic E-state index is 13.3. The molecule has 4 aliphatic rings. The van der Waals surface area contributed by atoms with Crippen molar-refractivity contribution in [2.75, 3.05) is 7.11 Å². The zero-order valence-corrected chi connectivity index (χ0v) is 17.5. The fourth-order valence-corrected chi connectivity index (χ4v) is 6.33. The van der Waals surface area contributed by atoms with Gasteiger partial charge in [-0.3, -0.25) is 9.69 Å². The van der Waals surface area contributed by atoms with Gasteiger partial charge in [-0.05, 0) is 52.3 Å². The van der Waals surface area contributed by atoms with Gasteiger partial charge in [0, 0.05) is 0 Å². The summed E-state index contributed by atoms with van der Waals surface area (Å²) in [5.74, 6) is -0.877. The average molecular weight is 405 g/mol. The van der Waals surface area contributed by atoms with Gasteiger partial charge in [-0.15, -0.1) is 0 Å². The highest BCUT2D eigenvalue weighted by molar-refractivity contribution is 5.82. The van der Waals surface area contributed by atoms with Crippen LogP contribution in [0.5, 0.6) is 0 Å². The molecule has 2 aromatic rings. The van der Waals surface area contributed by atoms with Gasteiger partial charge in [0.25, 0.3) is 0 Å². The Morgan fingerprint density at radius 3 is 2.07 bits per heavy atom. The molecule has 4 atom stereocenters. The fourth-order valence-electron chi connectivity index (χ4n) is 6.33. The number of benzene rings is 2. The summed E-state index contributed by atoms with van der Waals surface area (Å²) in [6, 6.07) is 15.4. The van der Waals surface area contributed by atoms with Crippen LogP contribution in [-0.2, 0) is 9.53 Å². The van der Waals surface area contributed by atoms with E-state index in [2.05, 4.69) is 26.0 Å². The molecule has 0 aliphatic heterocycles. The number of nitrogens with zero attached hydrogens (tertiary/aromatic N) is 1. The molecule has 4 aliphatic carbocycles. The molecule has 5 nitrogen and oxygen atoms in total. The van der Waals surface area contributed by atoms with Crippen LogP contribution in [0.4, 0.5) is 4.79 Å². The Morgan fingerprint density at radius 2 is 1.57 bits per heavy atom. The highest BCUT2D eigenvalue weighted by Crippen LogP contribution is 2.63. The van der Waals surface area contributed by atoms with Crippen molar-refractivity contribution < 1.29 is 19.4 Å². The Labute approximate surface area is 176 Å². The summed E-state index contributed by atoms with van der Waals surface area (Å²) in [5.41, 5.74) is 4.28. The molecule has 2 bridgehead atoms. The quantitative estimate of drug-likeness (QED) is 0.784. The van der Waals surface area contributed by atoms with E-state index in [0.29, 0.717) is 12.3 Å². The summed E-state index contributed by atoms with van der Waals surface area (Å²) >= 11 is 0. The molecule has 2 aromatic carbocycles. The first-order valence-corrected chi connectivity index (χ1v) is 10.6. The Hall–Kier alpha value is -2.82. The third kappa shape index (κ3) is 2.47. The van der Waals surface area contributed by atoms with Gasteiger partial charge in [0.1, 0.15) is 0 Å². The predicted molar refractivity (Wildman–Crippen MR) is 113 cm³/mol. The van der Waals surface area contributed by atoms with Gasteiger partial charge in [-0.1, -0.05) is 62.4 Å². The molecule has 0 radical (unpaired) electrons. The van der Waals surface area contributed by atoms with Crippen molar-refractivity contribution >= 4 is 12.1 Å². The Morgan fingerprint density at radius 1 is 1.00 bits per heavy atom. The smallest absolute Gasteiger partial charge is 0.410 e. The lowest BCUT2D eigenvalue weighted by atomic mass is 9.44. The van der Waals surface area contributed by atoms with E-state index in [9.17, 15) is 14.7 Å². The third-order valence-electron chi connectivity index (χ3n) is 8.01. The lowest BCUT2D eigenvalue weighted by molar-refractivity contribution is -0.174. The molecule has 6 rings (SSSR count). The van der Waals surface area contributed by atoms with E-state index in [0.717, 1.165) is 28.7 Å². The van der Waals surface area contributed by atoms with Crippen LogP contribution >= 0.6 is 0 Å². The minimum absolute atomic E-state index is 0.0144. The maximum Gasteiger partial charge on any atom is 0.410 e. The number of carbonyl (C=O) groups is 2. The van der Waals surface area contributed by atoms with Gasteiger partial charge in [-0.25, -0.2) is 4.79 Å². The minimum Gasteiger partial charge on any atom is -0.481 e. The SMILES string of the molecule is COC(=O)N(C1c2ccccc2-c2ccccc21)[C@H]1[C@@H](C(=O)O)C[C@H]2C[C@@H]1C2(C)C. The van der Waals surface area contributed by atoms with Gasteiger partial charge in [0.05, 0.1) is 25.1 Å². The summed E-state index contributed by atoms with van der Waals surface area (Å²) in [5, 5.41) is 10.1. The van der Waals surface area contributed by atoms with Crippen molar-refractivity contribution in [1.82, 2.24) is 4.90 Å². The van der Waals surface area contributed by atoms with Crippen molar-refractivity contribution in [2.24, 2.45) is 23.2 Å². The fraction of sp³-hybridized carbons (Fsp3) is 0.440. The van der Waals surface area contributed by atoms with E-state index in [1.807, 2.05) is 36.4 Å². The molecular formula is C25H27NO4. The van der Waals surface area contributed by atoms with Crippen molar-refractivity contribution in [3.8, 4) is 11.1 Å². The number of hydrogen-bond acceptors (Lipinski definition) is 3. The second-order valence-electron chi connectivity index (χ2n) is 9.49. The number of methoxy groups -OCH3 is 1. The molecule has 5 heteroatoms. The van der Waals surface area contributed by atoms with Crippen LogP contribution in [0.25, 0.3) is 11.1 Å². The molecule has 1 N–H and O–H groups in total. The summed E-state index contributed by atoms with van der Waals surface area (Å²) in [6.45, 7) is 4.42. The predicted octanol–water partition coefficient (Wildman–Crippen LogP) is 4.96. The molecule has 156 valence electrons. The molecule has 3 fully saturated rings. The highest BCUT2D eigenvalue weighted by Gasteiger charge is 2.62. The summed E-state index contributed by atoms with van der Waals surface area (Å²) in [7, 11) is 1.38. The van der Waals surface area contributed by atoms with Crippen LogP contribution in [0.2, 0.25) is 0 Å². The molecule has 0 saturated heterocycles. The maximum atomic E-state index is 13.3. The molecule has 3 saturated carbocycles. The monoisotopic (exact) mass is 405 g/mol. The number of carboxylic acid groups (broad SMARTS) is 1. The lowest BCUT2D eigenvalue weighted by Crippen LogP contribution is -2.66. The topological polar surface area (TPSA) is 66.8 Å². The summed E-state index contributed by atoms with van der Waals surface area (Å²) in [6.07, 6.45) is 1.11. The van der Waals surface area contributed by atoms with Crippen molar-refractivity contribution in [1.29, 1.82) is 0 Å². The molecule has 0 heterocycles. The first-order valence-electron chi connectivity index (χ1n) is 10.6. The van der Waals surface area contributed by atoms with Crippen LogP contribution in [-0.4, -0.2) is 35.2 Å². The number of carbonyl (C=O) groups excluding carboxylic acids is 1. The van der Waals surface area contributed by atoms with Gasteiger partial charge in [0.2, 0.25) is 0 Å². The van der Waals surface area contributed by atoms with Crippen molar-refractivity contribution in [3.05, 3.63) is 59.7 Å². The van der Waals surface area contributed by atoms with Crippen LogP contribution in [0, 0.1) is 23.2 Å². The third-order valence-corrected chi connectivity index (χ3v) is 8.01. The van der Waals surface area contributed by atoms with Crippen LogP contribution in [0.15, 0.2) is 48.5 Å². The Bertz CT molecular complexity index is 984. The number of hydrogen-bond donors (Lipinski definition) is 1. The van der Waals surface area contributed by atoms with E-state index >= 15 is 0 Å². The second-order valence-corrected chi connectivity index (χ2v) is 9.49. The molecule has 0 unspecified atom stereocenters. The number of amides is 1. The summed E-state index contributed by atoms with van der Waals surface area (Å²) < 4.78 is 5.26. The number of ether oxygens (including phenoxy) is 1. The average Bonchev–Trinajstić information content (AvgIpc) is 3.08. The van der Waals surface area contributed by atoms with Gasteiger partial charge >= 0.3 is 12.1 Å². The highest BCUT2D eigenvalue weighted by atomic mass is 16.5. The first-order chi connectivity index (χ1) is 14.4. The summed E-state index contributed by atoms with van der Waals surface area (Å²) in [4.78, 5) is 27.3. The molecule has 1 amide bonds. The number of carboxylic acids is 1. The zero-order valence-electron chi connectivity index (χ0n) is 17.5. The number of aliphatic carboxylic acids is 1. The van der Waals surface area contributed by atoms with E-state index in [4.69, 9.17) is 4.74 Å². The second kappa shape index (κ2) is 6.59. The van der Waals surface area contributed by atoms with Gasteiger partial charge in [0.15, 0.2) is 0 Å². The van der Waals surface area contributed by atoms with Crippen LogP contribution in [0.3, 0.4) is 0 Å². The van der Waals surface area contributed by atoms with E-state index in [1.54, 1.807) is 4.90 Å². The normalized spacial score (nSPS) is 28.1. The van der Waals surface area contributed by atoms with Crippen LogP contribution < -0.4 is 0 Å². The van der Waals surface area contributed by atoms with Crippen molar-refractivity contribution in [3.63, 3.8) is 0 Å². The molecule has 30 heavy (non-hydrogen) atoms. The minimum atomic E-state index is -0.821. The van der Waals surface area contributed by atoms with Gasteiger partial charge in [-0.2, -0.15) is 0 Å². The Balaban J connectivity index is 1.69. The van der Waals surface area contributed by atoms with E-state index in [1.165, 1.54) is 7.11 Å². The molecule has 0 spiro atoms. The first kappa shape index (κ1) is 19.2. The zero-order chi connectivity index (χ0) is 21.2. The van der Waals surface area contributed by atoms with Crippen LogP contribution in [0.1, 0.15) is 43.9 Å². The largest absolute Gasteiger partial charge is 0.481 e. The van der Waals surface area contributed by atoms with Crippen molar-refractivity contribution in [2.45, 2.75) is 38.8 Å². The standard InChI is InChI=1S/C25H27NO4/c1-25(2)14-12-19(23(27)28)22(20(25)13-14)26(24(29)30-3)21-17-10-6-4-8-15(17)16-9-5-7-11-18(16)21/h4-11,14,19-22H,12-13H2,1-3H3,(H,27,28)/t14-,19-,20-,22-/m0/s1. The van der Waals surface area contributed by atoms with Gasteiger partial charge < -0.3 is 9.84 Å². The van der Waals surface area contributed by atoms with E-state index < -0.39 is 24.0 Å². The molecule has 0 aromatic heterocycles. The molecular weight excluding hydrogens is 378 g/mol. The number of rotatable bonds is 3. The number of fused-ring (bicyclic) bond motifs is 5.